The minimum absolute atomic E-state index is 0.128. The first-order chi connectivity index (χ1) is 5.29. The second-order valence-corrected chi connectivity index (χ2v) is 3.35. The summed E-state index contributed by atoms with van der Waals surface area (Å²) in [7, 11) is 0. The molecule has 1 rings (SSSR count). The Kier molecular flexibility index (Phi) is 3.83. The van der Waals surface area contributed by atoms with E-state index in [2.05, 4.69) is 4.90 Å². The van der Waals surface area contributed by atoms with Crippen LogP contribution in [0.25, 0.3) is 0 Å². The van der Waals surface area contributed by atoms with Gasteiger partial charge in [0.2, 0.25) is 0 Å². The minimum atomic E-state index is -0.128. The van der Waals surface area contributed by atoms with Gasteiger partial charge in [-0.3, -0.25) is 0 Å². The van der Waals surface area contributed by atoms with E-state index in [1.807, 2.05) is 0 Å². The first kappa shape index (κ1) is 8.97. The van der Waals surface area contributed by atoms with Gasteiger partial charge < -0.3 is 16.4 Å². The van der Waals surface area contributed by atoms with E-state index in [0.717, 1.165) is 13.0 Å². The third-order valence-electron chi connectivity index (χ3n) is 2.23. The van der Waals surface area contributed by atoms with Crippen LogP contribution >= 0.6 is 0 Å². The smallest absolute Gasteiger partial charge is 0.0533 e. The third kappa shape index (κ3) is 3.70. The molecule has 0 aromatic carbocycles. The summed E-state index contributed by atoms with van der Waals surface area (Å²) in [6.45, 7) is 3.57. The van der Waals surface area contributed by atoms with Crippen molar-refractivity contribution in [3.05, 3.63) is 0 Å². The Labute approximate surface area is 68.7 Å². The predicted molar refractivity (Wildman–Crippen MR) is 47.1 cm³/mol. The van der Waals surface area contributed by atoms with Crippen LogP contribution in [0.5, 0.6) is 0 Å². The fourth-order valence-electron chi connectivity index (χ4n) is 1.51. The van der Waals surface area contributed by atoms with Crippen molar-refractivity contribution in [1.29, 1.82) is 0 Å². The molecule has 3 nitrogen and oxygen atoms in total. The van der Waals surface area contributed by atoms with E-state index in [1.54, 1.807) is 0 Å². The van der Waals surface area contributed by atoms with Crippen LogP contribution in [-0.4, -0.2) is 30.7 Å². The number of nitrogens with zero attached hydrogens (tertiary/aromatic N) is 1. The maximum atomic E-state index is 5.46. The van der Waals surface area contributed by atoms with E-state index in [0.29, 0.717) is 0 Å². The molecule has 3 heteroatoms. The Morgan fingerprint density at radius 3 is 2.27 bits per heavy atom. The molecule has 0 spiro atoms. The van der Waals surface area contributed by atoms with Gasteiger partial charge in [-0.15, -0.1) is 0 Å². The van der Waals surface area contributed by atoms with Crippen LogP contribution in [0, 0.1) is 0 Å². The van der Waals surface area contributed by atoms with Crippen molar-refractivity contribution in [2.75, 3.05) is 19.6 Å². The second-order valence-electron chi connectivity index (χ2n) is 3.35. The molecule has 4 N–H and O–H groups in total. The summed E-state index contributed by atoms with van der Waals surface area (Å²) in [6, 6.07) is 0. The summed E-state index contributed by atoms with van der Waals surface area (Å²) in [5, 5.41) is 0. The molecule has 1 fully saturated rings. The van der Waals surface area contributed by atoms with Gasteiger partial charge in [0.15, 0.2) is 0 Å². The van der Waals surface area contributed by atoms with Gasteiger partial charge in [0.05, 0.1) is 6.17 Å². The van der Waals surface area contributed by atoms with Crippen molar-refractivity contribution in [3.8, 4) is 0 Å². The van der Waals surface area contributed by atoms with Crippen molar-refractivity contribution in [2.24, 2.45) is 11.5 Å². The second kappa shape index (κ2) is 4.70. The molecule has 1 heterocycles. The molecule has 0 unspecified atom stereocenters. The molecular formula is C8H19N3. The lowest BCUT2D eigenvalue weighted by Gasteiger charge is -2.26. The van der Waals surface area contributed by atoms with Crippen molar-refractivity contribution in [3.63, 3.8) is 0 Å². The van der Waals surface area contributed by atoms with Crippen molar-refractivity contribution >= 4 is 0 Å². The van der Waals surface area contributed by atoms with Crippen molar-refractivity contribution in [2.45, 2.75) is 31.8 Å². The number of nitrogens with two attached hydrogens (primary N) is 2. The lowest BCUT2D eigenvalue weighted by atomic mass is 10.1. The van der Waals surface area contributed by atoms with Crippen molar-refractivity contribution in [1.82, 2.24) is 4.90 Å². The summed E-state index contributed by atoms with van der Waals surface area (Å²) in [5.41, 5.74) is 10.9. The molecule has 0 saturated carbocycles. The largest absolute Gasteiger partial charge is 0.316 e. The highest BCUT2D eigenvalue weighted by atomic mass is 15.1. The molecule has 0 radical (unpaired) electrons. The molecule has 66 valence electrons. The highest BCUT2D eigenvalue weighted by molar-refractivity contribution is 4.65. The highest BCUT2D eigenvalue weighted by Gasteiger charge is 2.09. The standard InChI is InChI=1S/C8H19N3/c9-8(10)4-7-11-5-2-1-3-6-11/h8H,1-7,9-10H2. The van der Waals surface area contributed by atoms with Crippen LogP contribution < -0.4 is 11.5 Å². The van der Waals surface area contributed by atoms with Crippen LogP contribution in [0.15, 0.2) is 0 Å². The summed E-state index contributed by atoms with van der Waals surface area (Å²) < 4.78 is 0. The maximum Gasteiger partial charge on any atom is 0.0533 e. The average Bonchev–Trinajstić information content (AvgIpc) is 2.03. The summed E-state index contributed by atoms with van der Waals surface area (Å²) in [6.07, 6.45) is 4.89. The Hall–Kier alpha value is -0.120. The first-order valence-electron chi connectivity index (χ1n) is 4.52. The normalized spacial score (nSPS) is 21.0. The van der Waals surface area contributed by atoms with Gasteiger partial charge in [0.1, 0.15) is 0 Å². The van der Waals surface area contributed by atoms with Crippen LogP contribution in [0.3, 0.4) is 0 Å². The third-order valence-corrected chi connectivity index (χ3v) is 2.23. The fraction of sp³-hybridized carbons (Fsp3) is 1.00. The van der Waals surface area contributed by atoms with Gasteiger partial charge in [-0.1, -0.05) is 6.42 Å². The Balaban J connectivity index is 2.05. The Morgan fingerprint density at radius 1 is 1.09 bits per heavy atom. The highest BCUT2D eigenvalue weighted by Crippen LogP contribution is 2.08. The van der Waals surface area contributed by atoms with E-state index >= 15 is 0 Å². The molecule has 1 saturated heterocycles. The molecule has 0 bridgehead atoms. The van der Waals surface area contributed by atoms with Gasteiger partial charge in [-0.2, -0.15) is 0 Å². The average molecular weight is 157 g/mol. The zero-order valence-corrected chi connectivity index (χ0v) is 7.13. The minimum Gasteiger partial charge on any atom is -0.316 e. The number of rotatable bonds is 3. The van der Waals surface area contributed by atoms with Crippen LogP contribution in [0.1, 0.15) is 25.7 Å². The van der Waals surface area contributed by atoms with Gasteiger partial charge >= 0.3 is 0 Å². The maximum absolute atomic E-state index is 5.46. The van der Waals surface area contributed by atoms with Gasteiger partial charge in [0, 0.05) is 6.54 Å². The fourth-order valence-corrected chi connectivity index (χ4v) is 1.51. The van der Waals surface area contributed by atoms with E-state index in [9.17, 15) is 0 Å². The molecule has 0 aromatic rings. The van der Waals surface area contributed by atoms with E-state index in [4.69, 9.17) is 11.5 Å². The molecule has 0 aliphatic carbocycles. The molecule has 0 atom stereocenters. The lowest BCUT2D eigenvalue weighted by molar-refractivity contribution is 0.221. The van der Waals surface area contributed by atoms with Gasteiger partial charge in [0.25, 0.3) is 0 Å². The number of piperidine rings is 1. The molecule has 11 heavy (non-hydrogen) atoms. The summed E-state index contributed by atoms with van der Waals surface area (Å²) in [5.74, 6) is 0. The molecule has 0 aromatic heterocycles. The zero-order chi connectivity index (χ0) is 8.10. The zero-order valence-electron chi connectivity index (χ0n) is 7.13. The molecule has 1 aliphatic rings. The van der Waals surface area contributed by atoms with Crippen LogP contribution in [-0.2, 0) is 0 Å². The van der Waals surface area contributed by atoms with E-state index < -0.39 is 0 Å². The van der Waals surface area contributed by atoms with Gasteiger partial charge in [-0.05, 0) is 32.4 Å². The summed E-state index contributed by atoms with van der Waals surface area (Å²) in [4.78, 5) is 2.45. The number of hydrogen-bond acceptors (Lipinski definition) is 3. The first-order valence-corrected chi connectivity index (χ1v) is 4.52. The monoisotopic (exact) mass is 157 g/mol. The van der Waals surface area contributed by atoms with Crippen molar-refractivity contribution < 1.29 is 0 Å². The van der Waals surface area contributed by atoms with E-state index in [1.165, 1.54) is 32.4 Å². The molecular weight excluding hydrogens is 138 g/mol. The molecule has 0 amide bonds. The lowest BCUT2D eigenvalue weighted by Crippen LogP contribution is -2.37. The van der Waals surface area contributed by atoms with E-state index in [-0.39, 0.29) is 6.17 Å². The number of hydrogen-bond donors (Lipinski definition) is 2. The van der Waals surface area contributed by atoms with Gasteiger partial charge in [-0.25, -0.2) is 0 Å². The predicted octanol–water partition coefficient (Wildman–Crippen LogP) is 0.106. The molecule has 1 aliphatic heterocycles. The van der Waals surface area contributed by atoms with Crippen LogP contribution in [0.4, 0.5) is 0 Å². The quantitative estimate of drug-likeness (QED) is 0.572. The Morgan fingerprint density at radius 2 is 1.73 bits per heavy atom. The Bertz CT molecular complexity index is 97.5. The topological polar surface area (TPSA) is 55.3 Å². The SMILES string of the molecule is NC(N)CCN1CCCCC1. The van der Waals surface area contributed by atoms with Crippen LogP contribution in [0.2, 0.25) is 0 Å². The summed E-state index contributed by atoms with van der Waals surface area (Å²) >= 11 is 0. The number of likely N-dealkylation sites (tertiary alicyclic amines) is 1.